The van der Waals surface area contributed by atoms with Gasteiger partial charge in [0.05, 0.1) is 17.2 Å². The molecule has 0 spiro atoms. The average molecular weight is 352 g/mol. The van der Waals surface area contributed by atoms with Crippen molar-refractivity contribution in [3.05, 3.63) is 21.9 Å². The van der Waals surface area contributed by atoms with Gasteiger partial charge in [0.1, 0.15) is 5.15 Å². The highest BCUT2D eigenvalue weighted by molar-refractivity contribution is 7.91. The Hall–Kier alpha value is -0.890. The quantitative estimate of drug-likeness (QED) is 0.803. The molecule has 0 saturated carbocycles. The minimum atomic E-state index is -3.07. The first kappa shape index (κ1) is 16.5. The van der Waals surface area contributed by atoms with E-state index in [1.165, 1.54) is 0 Å². The molecule has 6 nitrogen and oxygen atoms in total. The van der Waals surface area contributed by atoms with Gasteiger partial charge in [0.15, 0.2) is 15.0 Å². The largest absolute Gasteiger partial charge is 0.323 e. The van der Waals surface area contributed by atoms with E-state index < -0.39 is 9.84 Å². The first-order chi connectivity index (χ1) is 9.77. The lowest BCUT2D eigenvalue weighted by Crippen LogP contribution is -2.46. The molecule has 1 saturated heterocycles. The van der Waals surface area contributed by atoms with Crippen molar-refractivity contribution < 1.29 is 13.2 Å². The molecule has 1 aliphatic heterocycles. The lowest BCUT2D eigenvalue weighted by Gasteiger charge is -2.23. The number of halogens is 2. The highest BCUT2D eigenvalue weighted by Crippen LogP contribution is 2.26. The van der Waals surface area contributed by atoms with Crippen molar-refractivity contribution in [2.24, 2.45) is 0 Å². The zero-order valence-electron chi connectivity index (χ0n) is 11.3. The predicted octanol–water partition coefficient (Wildman–Crippen LogP) is 1.41. The van der Waals surface area contributed by atoms with E-state index >= 15 is 0 Å². The summed E-state index contributed by atoms with van der Waals surface area (Å²) < 4.78 is 23.1. The summed E-state index contributed by atoms with van der Waals surface area (Å²) >= 11 is 11.7. The molecule has 1 aliphatic rings. The molecular formula is C12H15Cl2N3O3S. The number of nitrogens with one attached hydrogen (secondary N) is 2. The fourth-order valence-electron chi connectivity index (χ4n) is 2.16. The maximum atomic E-state index is 12.0. The number of pyridine rings is 1. The number of hydrogen-bond donors (Lipinski definition) is 2. The lowest BCUT2D eigenvalue weighted by atomic mass is 10.2. The Labute approximate surface area is 133 Å². The molecule has 1 aromatic heterocycles. The fraction of sp³-hybridized carbons (Fsp3) is 0.500. The van der Waals surface area contributed by atoms with Crippen LogP contribution in [0.1, 0.15) is 12.0 Å². The van der Waals surface area contributed by atoms with Gasteiger partial charge in [-0.2, -0.15) is 0 Å². The molecule has 0 aliphatic carbocycles. The third-order valence-corrected chi connectivity index (χ3v) is 5.34. The molecule has 116 valence electrons. The van der Waals surface area contributed by atoms with Gasteiger partial charge in [0, 0.05) is 19.0 Å². The molecule has 1 atom stereocenters. The van der Waals surface area contributed by atoms with Gasteiger partial charge in [0.25, 0.3) is 0 Å². The Balaban J connectivity index is 2.02. The monoisotopic (exact) mass is 351 g/mol. The molecule has 21 heavy (non-hydrogen) atoms. The topological polar surface area (TPSA) is 88.2 Å². The molecule has 1 aromatic rings. The Kier molecular flexibility index (Phi) is 5.08. The molecule has 1 fully saturated rings. The van der Waals surface area contributed by atoms with Gasteiger partial charge in [-0.25, -0.2) is 13.4 Å². The highest BCUT2D eigenvalue weighted by atomic mass is 35.5. The van der Waals surface area contributed by atoms with Crippen molar-refractivity contribution >= 4 is 44.6 Å². The van der Waals surface area contributed by atoms with Gasteiger partial charge >= 0.3 is 0 Å². The van der Waals surface area contributed by atoms with E-state index in [2.05, 4.69) is 15.6 Å². The van der Waals surface area contributed by atoms with E-state index in [1.54, 1.807) is 13.0 Å². The van der Waals surface area contributed by atoms with E-state index in [9.17, 15) is 13.2 Å². The minimum absolute atomic E-state index is 0.0357. The molecule has 1 unspecified atom stereocenters. The number of amides is 1. The van der Waals surface area contributed by atoms with Gasteiger partial charge in [-0.3, -0.25) is 4.79 Å². The number of carbonyl (C=O) groups excluding carboxylic acids is 1. The fourth-order valence-corrected chi connectivity index (χ4v) is 4.18. The lowest BCUT2D eigenvalue weighted by molar-refractivity contribution is -0.116. The SMILES string of the molecule is Cc1cc(Cl)nc(Cl)c1NC(=O)CC1CS(=O)(=O)CCN1. The zero-order chi connectivity index (χ0) is 15.6. The number of hydrogen-bond acceptors (Lipinski definition) is 5. The summed E-state index contributed by atoms with van der Waals surface area (Å²) in [6.45, 7) is 2.11. The summed E-state index contributed by atoms with van der Waals surface area (Å²) in [5, 5.41) is 6.03. The molecule has 0 aromatic carbocycles. The van der Waals surface area contributed by atoms with Crippen molar-refractivity contribution in [1.82, 2.24) is 10.3 Å². The van der Waals surface area contributed by atoms with Crippen LogP contribution in [0.2, 0.25) is 10.3 Å². The maximum absolute atomic E-state index is 12.0. The van der Waals surface area contributed by atoms with Gasteiger partial charge in [-0.15, -0.1) is 0 Å². The van der Waals surface area contributed by atoms with Crippen LogP contribution in [0.3, 0.4) is 0 Å². The molecule has 2 rings (SSSR count). The third kappa shape index (κ3) is 4.54. The Morgan fingerprint density at radius 1 is 1.52 bits per heavy atom. The maximum Gasteiger partial charge on any atom is 0.226 e. The van der Waals surface area contributed by atoms with E-state index in [0.717, 1.165) is 0 Å². The smallest absolute Gasteiger partial charge is 0.226 e. The van der Waals surface area contributed by atoms with Crippen molar-refractivity contribution in [3.8, 4) is 0 Å². The summed E-state index contributed by atoms with van der Waals surface area (Å²) in [6.07, 6.45) is 0.0532. The second kappa shape index (κ2) is 6.48. The summed E-state index contributed by atoms with van der Waals surface area (Å²) in [5.41, 5.74) is 1.09. The second-order valence-electron chi connectivity index (χ2n) is 4.95. The first-order valence-electron chi connectivity index (χ1n) is 6.33. The predicted molar refractivity (Wildman–Crippen MR) is 82.7 cm³/mol. The normalized spacial score (nSPS) is 21.0. The Morgan fingerprint density at radius 3 is 2.86 bits per heavy atom. The standard InChI is InChI=1S/C12H15Cl2N3O3S/c1-7-4-9(13)16-12(14)11(7)17-10(18)5-8-6-21(19,20)3-2-15-8/h4,8,15H,2-3,5-6H2,1H3,(H,17,18). The van der Waals surface area contributed by atoms with Gasteiger partial charge in [-0.1, -0.05) is 23.2 Å². The number of anilines is 1. The van der Waals surface area contributed by atoms with Crippen LogP contribution < -0.4 is 10.6 Å². The summed E-state index contributed by atoms with van der Waals surface area (Å²) in [4.78, 5) is 15.9. The third-order valence-electron chi connectivity index (χ3n) is 3.14. The zero-order valence-corrected chi connectivity index (χ0v) is 13.6. The van der Waals surface area contributed by atoms with Crippen LogP contribution in [-0.4, -0.2) is 43.4 Å². The molecule has 2 N–H and O–H groups in total. The second-order valence-corrected chi connectivity index (χ2v) is 7.92. The van der Waals surface area contributed by atoms with Crippen LogP contribution in [0.5, 0.6) is 0 Å². The summed E-state index contributed by atoms with van der Waals surface area (Å²) in [5.74, 6) is -0.248. The first-order valence-corrected chi connectivity index (χ1v) is 8.91. The van der Waals surface area contributed by atoms with Gasteiger partial charge in [0.2, 0.25) is 5.91 Å². The van der Waals surface area contributed by atoms with Crippen molar-refractivity contribution in [2.45, 2.75) is 19.4 Å². The molecule has 9 heteroatoms. The number of sulfone groups is 1. The van der Waals surface area contributed by atoms with E-state index in [1.807, 2.05) is 0 Å². The molecular weight excluding hydrogens is 337 g/mol. The molecule has 1 amide bonds. The van der Waals surface area contributed by atoms with Gasteiger partial charge in [-0.05, 0) is 18.6 Å². The van der Waals surface area contributed by atoms with E-state index in [0.29, 0.717) is 17.8 Å². The van der Waals surface area contributed by atoms with Gasteiger partial charge < -0.3 is 10.6 Å². The minimum Gasteiger partial charge on any atom is -0.323 e. The van der Waals surface area contributed by atoms with Crippen molar-refractivity contribution in [3.63, 3.8) is 0 Å². The van der Waals surface area contributed by atoms with Crippen LogP contribution in [0.15, 0.2) is 6.07 Å². The number of aromatic nitrogens is 1. The van der Waals surface area contributed by atoms with Crippen LogP contribution >= 0.6 is 23.2 Å². The number of carbonyl (C=O) groups is 1. The molecule has 0 radical (unpaired) electrons. The van der Waals surface area contributed by atoms with Crippen molar-refractivity contribution in [2.75, 3.05) is 23.4 Å². The average Bonchev–Trinajstić information content (AvgIpc) is 2.32. The summed E-state index contributed by atoms with van der Waals surface area (Å²) in [6, 6.07) is 1.20. The summed E-state index contributed by atoms with van der Waals surface area (Å²) in [7, 11) is -3.07. The van der Waals surface area contributed by atoms with Crippen molar-refractivity contribution in [1.29, 1.82) is 0 Å². The molecule has 2 heterocycles. The van der Waals surface area contributed by atoms with Crippen LogP contribution in [0, 0.1) is 6.92 Å². The highest BCUT2D eigenvalue weighted by Gasteiger charge is 2.26. The van der Waals surface area contributed by atoms with E-state index in [-0.39, 0.29) is 40.2 Å². The number of rotatable bonds is 3. The van der Waals surface area contributed by atoms with Crippen LogP contribution in [0.4, 0.5) is 5.69 Å². The Bertz CT molecular complexity index is 641. The number of nitrogens with zero attached hydrogens (tertiary/aromatic N) is 1. The van der Waals surface area contributed by atoms with E-state index in [4.69, 9.17) is 23.2 Å². The number of aryl methyl sites for hydroxylation is 1. The Morgan fingerprint density at radius 2 is 2.24 bits per heavy atom. The molecule has 0 bridgehead atoms. The van der Waals surface area contributed by atoms with Crippen LogP contribution in [0.25, 0.3) is 0 Å². The van der Waals surface area contributed by atoms with Crippen LogP contribution in [-0.2, 0) is 14.6 Å².